The molecule has 94 valence electrons. The number of carboxylic acids is 1. The van der Waals surface area contributed by atoms with Crippen LogP contribution in [0.5, 0.6) is 0 Å². The van der Waals surface area contributed by atoms with Gasteiger partial charge < -0.3 is 10.8 Å². The lowest BCUT2D eigenvalue weighted by Crippen LogP contribution is -2.16. The van der Waals surface area contributed by atoms with Crippen molar-refractivity contribution in [2.24, 2.45) is 0 Å². The molecule has 1 unspecified atom stereocenters. The minimum absolute atomic E-state index is 0.0785. The number of unbranched alkanes of at least 4 members (excludes halogenated alkanes) is 1. The summed E-state index contributed by atoms with van der Waals surface area (Å²) in [4.78, 5) is 11.6. The van der Waals surface area contributed by atoms with Gasteiger partial charge in [-0.05, 0) is 24.6 Å². The van der Waals surface area contributed by atoms with Gasteiger partial charge in [-0.15, -0.1) is 11.8 Å². The van der Waals surface area contributed by atoms with Crippen molar-refractivity contribution >= 4 is 23.4 Å². The fourth-order valence-corrected chi connectivity index (χ4v) is 2.40. The predicted molar refractivity (Wildman–Crippen MR) is 67.6 cm³/mol. The van der Waals surface area contributed by atoms with Crippen LogP contribution in [-0.2, 0) is 4.79 Å². The van der Waals surface area contributed by atoms with E-state index < -0.39 is 17.0 Å². The van der Waals surface area contributed by atoms with Gasteiger partial charge in [0, 0.05) is 4.90 Å². The Morgan fingerprint density at radius 2 is 2.29 bits per heavy atom. The van der Waals surface area contributed by atoms with Crippen LogP contribution in [0.2, 0.25) is 0 Å². The van der Waals surface area contributed by atoms with E-state index in [1.807, 2.05) is 6.92 Å². The van der Waals surface area contributed by atoms with E-state index in [9.17, 15) is 9.18 Å². The van der Waals surface area contributed by atoms with Crippen LogP contribution < -0.4 is 5.73 Å². The molecule has 0 aliphatic rings. The van der Waals surface area contributed by atoms with Crippen LogP contribution >= 0.6 is 11.8 Å². The van der Waals surface area contributed by atoms with E-state index in [-0.39, 0.29) is 5.69 Å². The zero-order valence-electron chi connectivity index (χ0n) is 9.65. The zero-order chi connectivity index (χ0) is 12.8. The van der Waals surface area contributed by atoms with Crippen molar-refractivity contribution in [2.45, 2.75) is 36.3 Å². The molecule has 0 aromatic heterocycles. The van der Waals surface area contributed by atoms with Crippen molar-refractivity contribution in [1.82, 2.24) is 0 Å². The topological polar surface area (TPSA) is 63.3 Å². The number of carboxylic acid groups (broad SMARTS) is 1. The Bertz CT molecular complexity index is 398. The monoisotopic (exact) mass is 257 g/mol. The number of hydrogen-bond acceptors (Lipinski definition) is 3. The molecule has 1 rings (SSSR count). The number of nitrogens with two attached hydrogens (primary N) is 1. The number of carbonyl (C=O) groups is 1. The first-order valence-corrected chi connectivity index (χ1v) is 6.37. The highest BCUT2D eigenvalue weighted by Gasteiger charge is 2.18. The number of halogens is 1. The summed E-state index contributed by atoms with van der Waals surface area (Å²) in [6.45, 7) is 2.01. The summed E-state index contributed by atoms with van der Waals surface area (Å²) in [5.41, 5.74) is 5.44. The van der Waals surface area contributed by atoms with Gasteiger partial charge in [0.1, 0.15) is 11.1 Å². The largest absolute Gasteiger partial charge is 0.480 e. The third kappa shape index (κ3) is 4.26. The van der Waals surface area contributed by atoms with E-state index in [0.29, 0.717) is 11.3 Å². The molecular weight excluding hydrogens is 241 g/mol. The molecule has 3 nitrogen and oxygen atoms in total. The first kappa shape index (κ1) is 13.8. The van der Waals surface area contributed by atoms with Crippen molar-refractivity contribution in [2.75, 3.05) is 5.73 Å². The molecule has 1 aromatic carbocycles. The fourth-order valence-electron chi connectivity index (χ4n) is 1.37. The molecule has 0 spiro atoms. The quantitative estimate of drug-likeness (QED) is 0.607. The highest BCUT2D eigenvalue weighted by Crippen LogP contribution is 2.28. The number of anilines is 1. The second-order valence-corrected chi connectivity index (χ2v) is 5.05. The van der Waals surface area contributed by atoms with Crippen molar-refractivity contribution in [3.8, 4) is 0 Å². The Hall–Kier alpha value is -1.23. The van der Waals surface area contributed by atoms with E-state index in [1.165, 1.54) is 12.1 Å². The Labute approximate surface area is 104 Å². The van der Waals surface area contributed by atoms with E-state index >= 15 is 0 Å². The number of benzene rings is 1. The highest BCUT2D eigenvalue weighted by molar-refractivity contribution is 8.00. The molecule has 3 N–H and O–H groups in total. The lowest BCUT2D eigenvalue weighted by atomic mass is 10.2. The van der Waals surface area contributed by atoms with Gasteiger partial charge in [-0.2, -0.15) is 0 Å². The molecule has 0 bridgehead atoms. The molecule has 0 amide bonds. The summed E-state index contributed by atoms with van der Waals surface area (Å²) in [7, 11) is 0. The number of rotatable bonds is 6. The first-order valence-electron chi connectivity index (χ1n) is 5.49. The summed E-state index contributed by atoms with van der Waals surface area (Å²) in [5.74, 6) is -1.37. The van der Waals surface area contributed by atoms with Crippen LogP contribution in [0.4, 0.5) is 10.1 Å². The molecule has 0 radical (unpaired) electrons. The molecule has 5 heteroatoms. The van der Waals surface area contributed by atoms with Gasteiger partial charge in [-0.1, -0.05) is 19.8 Å². The molecule has 1 atom stereocenters. The van der Waals surface area contributed by atoms with Crippen LogP contribution in [0.1, 0.15) is 26.2 Å². The van der Waals surface area contributed by atoms with Gasteiger partial charge in [-0.3, -0.25) is 4.79 Å². The smallest absolute Gasteiger partial charge is 0.316 e. The summed E-state index contributed by atoms with van der Waals surface area (Å²) < 4.78 is 13.2. The van der Waals surface area contributed by atoms with Crippen LogP contribution in [0.25, 0.3) is 0 Å². The maximum atomic E-state index is 13.2. The van der Waals surface area contributed by atoms with E-state index in [2.05, 4.69) is 0 Å². The highest BCUT2D eigenvalue weighted by atomic mass is 32.2. The number of hydrogen-bond donors (Lipinski definition) is 2. The van der Waals surface area contributed by atoms with Gasteiger partial charge in [0.25, 0.3) is 0 Å². The minimum Gasteiger partial charge on any atom is -0.480 e. The second kappa shape index (κ2) is 6.49. The van der Waals surface area contributed by atoms with Crippen molar-refractivity contribution < 1.29 is 14.3 Å². The molecule has 0 fully saturated rings. The average Bonchev–Trinajstić information content (AvgIpc) is 2.28. The zero-order valence-corrected chi connectivity index (χ0v) is 10.5. The SMILES string of the molecule is CCCCC(Sc1ccc(N)c(F)c1)C(=O)O. The summed E-state index contributed by atoms with van der Waals surface area (Å²) in [5, 5.41) is 8.52. The van der Waals surface area contributed by atoms with E-state index in [1.54, 1.807) is 6.07 Å². The van der Waals surface area contributed by atoms with Gasteiger partial charge >= 0.3 is 5.97 Å². The first-order chi connectivity index (χ1) is 8.04. The number of thioether (sulfide) groups is 1. The van der Waals surface area contributed by atoms with Crippen LogP contribution in [0.15, 0.2) is 23.1 Å². The third-order valence-electron chi connectivity index (χ3n) is 2.35. The third-order valence-corrected chi connectivity index (χ3v) is 3.59. The van der Waals surface area contributed by atoms with Crippen LogP contribution in [-0.4, -0.2) is 16.3 Å². The van der Waals surface area contributed by atoms with Crippen LogP contribution in [0, 0.1) is 5.82 Å². The van der Waals surface area contributed by atoms with E-state index in [0.717, 1.165) is 24.6 Å². The standard InChI is InChI=1S/C12H16FNO2S/c1-2-3-4-11(12(15)16)17-8-5-6-10(14)9(13)7-8/h5-7,11H,2-4,14H2,1H3,(H,15,16). The second-order valence-electron chi connectivity index (χ2n) is 3.77. The molecule has 17 heavy (non-hydrogen) atoms. The minimum atomic E-state index is -0.860. The number of aliphatic carboxylic acids is 1. The predicted octanol–water partition coefficient (Wildman–Crippen LogP) is 3.14. The summed E-state index contributed by atoms with van der Waals surface area (Å²) in [6, 6.07) is 4.38. The molecule has 0 aliphatic carbocycles. The van der Waals surface area contributed by atoms with Gasteiger partial charge in [0.05, 0.1) is 5.69 Å². The molecule has 0 saturated heterocycles. The molecule has 0 aliphatic heterocycles. The molecule has 0 saturated carbocycles. The fraction of sp³-hybridized carbons (Fsp3) is 0.417. The number of nitrogen functional groups attached to an aromatic ring is 1. The Kier molecular flexibility index (Phi) is 5.28. The van der Waals surface area contributed by atoms with Gasteiger partial charge in [-0.25, -0.2) is 4.39 Å². The average molecular weight is 257 g/mol. The Morgan fingerprint density at radius 1 is 1.59 bits per heavy atom. The van der Waals surface area contributed by atoms with Crippen molar-refractivity contribution in [3.05, 3.63) is 24.0 Å². The van der Waals surface area contributed by atoms with Crippen molar-refractivity contribution in [3.63, 3.8) is 0 Å². The molecule has 1 aromatic rings. The van der Waals surface area contributed by atoms with Crippen LogP contribution in [0.3, 0.4) is 0 Å². The Balaban J connectivity index is 2.71. The Morgan fingerprint density at radius 3 is 2.82 bits per heavy atom. The van der Waals surface area contributed by atoms with E-state index in [4.69, 9.17) is 10.8 Å². The lowest BCUT2D eigenvalue weighted by Gasteiger charge is -2.11. The maximum Gasteiger partial charge on any atom is 0.316 e. The maximum absolute atomic E-state index is 13.2. The summed E-state index contributed by atoms with van der Waals surface area (Å²) >= 11 is 1.16. The normalized spacial score (nSPS) is 12.4. The molecule has 0 heterocycles. The lowest BCUT2D eigenvalue weighted by molar-refractivity contribution is -0.136. The van der Waals surface area contributed by atoms with Crippen molar-refractivity contribution in [1.29, 1.82) is 0 Å². The molecular formula is C12H16FNO2S. The van der Waals surface area contributed by atoms with Gasteiger partial charge in [0.15, 0.2) is 0 Å². The van der Waals surface area contributed by atoms with Gasteiger partial charge in [0.2, 0.25) is 0 Å². The summed E-state index contributed by atoms with van der Waals surface area (Å²) in [6.07, 6.45) is 2.38.